The molecule has 0 fully saturated rings. The molecule has 80 valence electrons. The summed E-state index contributed by atoms with van der Waals surface area (Å²) >= 11 is 5.14. The first kappa shape index (κ1) is 11.4. The van der Waals surface area contributed by atoms with Crippen molar-refractivity contribution in [3.8, 4) is 16.5 Å². The number of nitriles is 1. The number of nitrogens with zero attached hydrogens (tertiary/aromatic N) is 1. The molecule has 3 heteroatoms. The van der Waals surface area contributed by atoms with Crippen LogP contribution in [0.25, 0.3) is 10.4 Å². The molecule has 0 aliphatic rings. The van der Waals surface area contributed by atoms with Gasteiger partial charge in [-0.1, -0.05) is 40.2 Å². The number of rotatable bonds is 2. The third kappa shape index (κ3) is 2.18. The predicted octanol–water partition coefficient (Wildman–Crippen LogP) is 4.74. The zero-order valence-corrected chi connectivity index (χ0v) is 11.2. The van der Waals surface area contributed by atoms with Gasteiger partial charge in [-0.3, -0.25) is 0 Å². The van der Waals surface area contributed by atoms with Crippen molar-refractivity contribution in [1.29, 1.82) is 5.26 Å². The molecular formula is C13H10BrNS. The molecule has 0 radical (unpaired) electrons. The Morgan fingerprint density at radius 2 is 1.94 bits per heavy atom. The molecular weight excluding hydrogens is 282 g/mol. The fraction of sp³-hybridized carbons (Fsp3) is 0.154. The molecule has 1 heterocycles. The van der Waals surface area contributed by atoms with Crippen LogP contribution >= 0.6 is 27.3 Å². The minimum atomic E-state index is 0.361. The van der Waals surface area contributed by atoms with Crippen molar-refractivity contribution in [2.75, 3.05) is 0 Å². The van der Waals surface area contributed by atoms with E-state index in [-0.39, 0.29) is 0 Å². The van der Waals surface area contributed by atoms with Gasteiger partial charge in [0.15, 0.2) is 0 Å². The van der Waals surface area contributed by atoms with Crippen LogP contribution in [0.4, 0.5) is 0 Å². The minimum Gasteiger partial charge on any atom is -0.192 e. The van der Waals surface area contributed by atoms with Crippen LogP contribution in [0, 0.1) is 11.3 Å². The molecule has 0 spiro atoms. The van der Waals surface area contributed by atoms with Crippen molar-refractivity contribution in [1.82, 2.24) is 0 Å². The van der Waals surface area contributed by atoms with Gasteiger partial charge in [0.2, 0.25) is 0 Å². The van der Waals surface area contributed by atoms with Gasteiger partial charge in [-0.2, -0.15) is 5.26 Å². The van der Waals surface area contributed by atoms with Crippen LogP contribution in [0.2, 0.25) is 0 Å². The van der Waals surface area contributed by atoms with Crippen molar-refractivity contribution >= 4 is 27.3 Å². The number of hydrogen-bond donors (Lipinski definition) is 0. The molecule has 2 rings (SSSR count). The van der Waals surface area contributed by atoms with E-state index in [2.05, 4.69) is 53.2 Å². The lowest BCUT2D eigenvalue weighted by Crippen LogP contribution is -1.83. The summed E-state index contributed by atoms with van der Waals surface area (Å²) in [6.07, 6.45) is 0. The maximum atomic E-state index is 8.96. The van der Waals surface area contributed by atoms with Crippen LogP contribution in [0.5, 0.6) is 0 Å². The van der Waals surface area contributed by atoms with Crippen LogP contribution in [-0.4, -0.2) is 0 Å². The predicted molar refractivity (Wildman–Crippen MR) is 71.8 cm³/mol. The average Bonchev–Trinajstić information content (AvgIpc) is 2.77. The van der Waals surface area contributed by atoms with Gasteiger partial charge in [0.05, 0.1) is 10.4 Å². The minimum absolute atomic E-state index is 0.361. The van der Waals surface area contributed by atoms with Crippen molar-refractivity contribution < 1.29 is 0 Å². The lowest BCUT2D eigenvalue weighted by atomic mass is 10.1. The Hall–Kier alpha value is -1.11. The highest BCUT2D eigenvalue weighted by molar-refractivity contribution is 9.09. The Kier molecular flexibility index (Phi) is 3.42. The molecule has 1 unspecified atom stereocenters. The van der Waals surface area contributed by atoms with E-state index in [1.165, 1.54) is 5.56 Å². The van der Waals surface area contributed by atoms with Gasteiger partial charge in [-0.05, 0) is 29.5 Å². The largest absolute Gasteiger partial charge is 0.192 e. The molecule has 1 aromatic carbocycles. The third-order valence-corrected chi connectivity index (χ3v) is 3.91. The van der Waals surface area contributed by atoms with E-state index in [0.29, 0.717) is 4.83 Å². The SMILES string of the molecule is CC(Br)c1ccc(-c2sccc2C#N)cc1. The molecule has 1 nitrogen and oxygen atoms in total. The normalized spacial score (nSPS) is 12.1. The van der Waals surface area contributed by atoms with Gasteiger partial charge in [0.1, 0.15) is 6.07 Å². The topological polar surface area (TPSA) is 23.8 Å². The molecule has 0 saturated heterocycles. The Bertz CT molecular complexity index is 520. The zero-order chi connectivity index (χ0) is 11.5. The van der Waals surface area contributed by atoms with Crippen molar-refractivity contribution in [3.05, 3.63) is 46.8 Å². The lowest BCUT2D eigenvalue weighted by molar-refractivity contribution is 1.12. The van der Waals surface area contributed by atoms with Crippen LogP contribution < -0.4 is 0 Å². The summed E-state index contributed by atoms with van der Waals surface area (Å²) < 4.78 is 0. The van der Waals surface area contributed by atoms with E-state index in [1.807, 2.05) is 11.4 Å². The van der Waals surface area contributed by atoms with Crippen molar-refractivity contribution in [3.63, 3.8) is 0 Å². The first-order chi connectivity index (χ1) is 7.72. The van der Waals surface area contributed by atoms with Gasteiger partial charge in [0, 0.05) is 4.83 Å². The molecule has 0 N–H and O–H groups in total. The fourth-order valence-electron chi connectivity index (χ4n) is 1.52. The molecule has 16 heavy (non-hydrogen) atoms. The van der Waals surface area contributed by atoms with Gasteiger partial charge in [-0.25, -0.2) is 0 Å². The Morgan fingerprint density at radius 1 is 1.25 bits per heavy atom. The number of hydrogen-bond acceptors (Lipinski definition) is 2. The Balaban J connectivity index is 2.39. The van der Waals surface area contributed by atoms with Crippen LogP contribution in [0.15, 0.2) is 35.7 Å². The zero-order valence-electron chi connectivity index (χ0n) is 8.77. The summed E-state index contributed by atoms with van der Waals surface area (Å²) in [5.74, 6) is 0. The monoisotopic (exact) mass is 291 g/mol. The van der Waals surface area contributed by atoms with Crippen LogP contribution in [0.3, 0.4) is 0 Å². The van der Waals surface area contributed by atoms with Crippen molar-refractivity contribution in [2.24, 2.45) is 0 Å². The van der Waals surface area contributed by atoms with Gasteiger partial charge in [-0.15, -0.1) is 11.3 Å². The quantitative estimate of drug-likeness (QED) is 0.733. The Morgan fingerprint density at radius 3 is 2.50 bits per heavy atom. The lowest BCUT2D eigenvalue weighted by Gasteiger charge is -2.04. The smallest absolute Gasteiger partial charge is 0.101 e. The maximum Gasteiger partial charge on any atom is 0.101 e. The number of benzene rings is 1. The Labute approximate surface area is 107 Å². The fourth-order valence-corrected chi connectivity index (χ4v) is 2.68. The van der Waals surface area contributed by atoms with Crippen molar-refractivity contribution in [2.45, 2.75) is 11.8 Å². The molecule has 1 aromatic heterocycles. The van der Waals surface area contributed by atoms with E-state index in [1.54, 1.807) is 11.3 Å². The molecule has 0 aliphatic heterocycles. The highest BCUT2D eigenvalue weighted by Crippen LogP contribution is 2.31. The standard InChI is InChI=1S/C13H10BrNS/c1-9(14)10-2-4-11(5-3-10)13-12(8-15)6-7-16-13/h2-7,9H,1H3. The second-order valence-corrected chi connectivity index (χ2v) is 5.80. The number of alkyl halides is 1. The van der Waals surface area contributed by atoms with Crippen LogP contribution in [-0.2, 0) is 0 Å². The molecule has 1 atom stereocenters. The third-order valence-electron chi connectivity index (χ3n) is 2.42. The molecule has 0 amide bonds. The summed E-state index contributed by atoms with van der Waals surface area (Å²) in [4.78, 5) is 1.41. The maximum absolute atomic E-state index is 8.96. The van der Waals surface area contributed by atoms with E-state index in [4.69, 9.17) is 5.26 Å². The first-order valence-electron chi connectivity index (χ1n) is 4.94. The van der Waals surface area contributed by atoms with Gasteiger partial charge < -0.3 is 0 Å². The van der Waals surface area contributed by atoms with E-state index < -0.39 is 0 Å². The summed E-state index contributed by atoms with van der Waals surface area (Å²) in [5, 5.41) is 10.9. The van der Waals surface area contributed by atoms with Gasteiger partial charge >= 0.3 is 0 Å². The summed E-state index contributed by atoms with van der Waals surface area (Å²) in [5.41, 5.74) is 3.12. The second kappa shape index (κ2) is 4.82. The van der Waals surface area contributed by atoms with Crippen LogP contribution in [0.1, 0.15) is 22.9 Å². The molecule has 2 aromatic rings. The number of thiophene rings is 1. The van der Waals surface area contributed by atoms with E-state index >= 15 is 0 Å². The van der Waals surface area contributed by atoms with E-state index in [0.717, 1.165) is 16.0 Å². The number of halogens is 1. The summed E-state index contributed by atoms with van der Waals surface area (Å²) in [6, 6.07) is 12.4. The highest BCUT2D eigenvalue weighted by Gasteiger charge is 2.07. The second-order valence-electron chi connectivity index (χ2n) is 3.51. The molecule has 0 aliphatic carbocycles. The van der Waals surface area contributed by atoms with Gasteiger partial charge in [0.25, 0.3) is 0 Å². The first-order valence-corrected chi connectivity index (χ1v) is 6.74. The average molecular weight is 292 g/mol. The molecule has 0 saturated carbocycles. The highest BCUT2D eigenvalue weighted by atomic mass is 79.9. The summed E-state index contributed by atoms with van der Waals surface area (Å²) in [6.45, 7) is 2.10. The van der Waals surface area contributed by atoms with E-state index in [9.17, 15) is 0 Å². The summed E-state index contributed by atoms with van der Waals surface area (Å²) in [7, 11) is 0. The molecule has 0 bridgehead atoms.